The van der Waals surface area contributed by atoms with Gasteiger partial charge in [0, 0.05) is 17.8 Å². The lowest BCUT2D eigenvalue weighted by Crippen LogP contribution is -2.30. The van der Waals surface area contributed by atoms with Gasteiger partial charge >= 0.3 is 6.18 Å². The largest absolute Gasteiger partial charge is 0.404 e. The summed E-state index contributed by atoms with van der Waals surface area (Å²) in [5.74, 6) is 5.43. The molecule has 2 aromatic carbocycles. The van der Waals surface area contributed by atoms with Crippen molar-refractivity contribution in [1.29, 1.82) is 0 Å². The molecule has 5 rings (SSSR count). The minimum atomic E-state index is -4.44. The zero-order valence-electron chi connectivity index (χ0n) is 17.9. The lowest BCUT2D eigenvalue weighted by Gasteiger charge is -2.32. The van der Waals surface area contributed by atoms with Gasteiger partial charge in [0.1, 0.15) is 23.4 Å². The van der Waals surface area contributed by atoms with Gasteiger partial charge in [-0.25, -0.2) is 4.39 Å². The zero-order chi connectivity index (χ0) is 23.4. The summed E-state index contributed by atoms with van der Waals surface area (Å²) in [5, 5.41) is 8.25. The number of fused-ring (bicyclic) bond motifs is 4. The third kappa shape index (κ3) is 3.46. The van der Waals surface area contributed by atoms with Crippen molar-refractivity contribution in [2.45, 2.75) is 32.9 Å². The van der Waals surface area contributed by atoms with Gasteiger partial charge in [-0.1, -0.05) is 24.0 Å². The second-order valence-electron chi connectivity index (χ2n) is 8.50. The molecule has 33 heavy (non-hydrogen) atoms. The fraction of sp³-hybridized carbons (Fsp3) is 0.292. The number of aromatic nitrogens is 4. The molecule has 0 N–H and O–H groups in total. The summed E-state index contributed by atoms with van der Waals surface area (Å²) in [6.07, 6.45) is -1.59. The van der Waals surface area contributed by atoms with E-state index in [1.807, 2.05) is 11.0 Å². The van der Waals surface area contributed by atoms with Crippen molar-refractivity contribution in [2.75, 3.05) is 11.4 Å². The number of nitrogens with zero attached hydrogens (tertiary/aromatic N) is 5. The molecule has 0 saturated heterocycles. The molecule has 0 unspecified atom stereocenters. The summed E-state index contributed by atoms with van der Waals surface area (Å²) in [7, 11) is 0. The molecule has 0 atom stereocenters. The highest BCUT2D eigenvalue weighted by Gasteiger charge is 2.46. The fourth-order valence-corrected chi connectivity index (χ4v) is 4.01. The molecule has 168 valence electrons. The van der Waals surface area contributed by atoms with Crippen LogP contribution >= 0.6 is 0 Å². The molecule has 0 spiro atoms. The summed E-state index contributed by atoms with van der Waals surface area (Å²) >= 11 is 0. The van der Waals surface area contributed by atoms with E-state index in [0.717, 1.165) is 25.1 Å². The molecule has 5 nitrogen and oxygen atoms in total. The number of anilines is 2. The molecule has 0 aliphatic carbocycles. The highest BCUT2D eigenvalue weighted by atomic mass is 19.4. The molecule has 0 bridgehead atoms. The number of rotatable bonds is 1. The minimum Gasteiger partial charge on any atom is -0.325 e. The van der Waals surface area contributed by atoms with E-state index in [1.165, 1.54) is 12.4 Å². The molecule has 3 heterocycles. The predicted octanol–water partition coefficient (Wildman–Crippen LogP) is 5.44. The normalized spacial score (nSPS) is 14.3. The van der Waals surface area contributed by atoms with Crippen LogP contribution in [0.4, 0.5) is 29.1 Å². The molecular weight excluding hydrogens is 434 g/mol. The van der Waals surface area contributed by atoms with Crippen LogP contribution in [0.2, 0.25) is 0 Å². The maximum atomic E-state index is 15.0. The maximum absolute atomic E-state index is 15.0. The van der Waals surface area contributed by atoms with E-state index in [2.05, 4.69) is 27.0 Å². The molecule has 0 radical (unpaired) electrons. The van der Waals surface area contributed by atoms with Crippen molar-refractivity contribution in [3.8, 4) is 11.8 Å². The highest BCUT2D eigenvalue weighted by molar-refractivity contribution is 5.94. The van der Waals surface area contributed by atoms with Crippen LogP contribution in [0.15, 0.2) is 42.7 Å². The van der Waals surface area contributed by atoms with Crippen LogP contribution in [0, 0.1) is 23.1 Å². The molecule has 0 amide bonds. The number of alkyl halides is 3. The summed E-state index contributed by atoms with van der Waals surface area (Å²) in [6, 6.07) is 10.1. The van der Waals surface area contributed by atoms with E-state index in [0.29, 0.717) is 47.4 Å². The Morgan fingerprint density at radius 3 is 2.64 bits per heavy atom. The second kappa shape index (κ2) is 7.44. The lowest BCUT2D eigenvalue weighted by molar-refractivity contribution is -0.190. The van der Waals surface area contributed by atoms with E-state index in [-0.39, 0.29) is 0 Å². The summed E-state index contributed by atoms with van der Waals surface area (Å²) < 4.78 is 56.5. The summed E-state index contributed by atoms with van der Waals surface area (Å²) in [5.41, 5.74) is 0.544. The number of hydrogen-bond donors (Lipinski definition) is 0. The van der Waals surface area contributed by atoms with E-state index in [4.69, 9.17) is 0 Å². The van der Waals surface area contributed by atoms with Gasteiger partial charge in [0.05, 0.1) is 10.9 Å². The van der Waals surface area contributed by atoms with Crippen LogP contribution in [0.5, 0.6) is 0 Å². The molecule has 1 aliphatic heterocycles. The Bertz CT molecular complexity index is 1440. The lowest BCUT2D eigenvalue weighted by atomic mass is 9.91. The Morgan fingerprint density at radius 1 is 1.06 bits per heavy atom. The van der Waals surface area contributed by atoms with Crippen LogP contribution in [0.3, 0.4) is 0 Å². The first kappa shape index (κ1) is 21.2. The smallest absolute Gasteiger partial charge is 0.325 e. The Balaban J connectivity index is 1.68. The topological polar surface area (TPSA) is 46.3 Å². The first-order chi connectivity index (χ1) is 15.7. The van der Waals surface area contributed by atoms with E-state index in [9.17, 15) is 13.2 Å². The SMILES string of the molecule is CC(C)(C#Cc1cccc2c1CCCN2c1nc2nncn2c2cccc(F)c12)C(F)(F)F. The maximum Gasteiger partial charge on any atom is 0.404 e. The van der Waals surface area contributed by atoms with Crippen molar-refractivity contribution in [1.82, 2.24) is 19.6 Å². The van der Waals surface area contributed by atoms with E-state index in [1.54, 1.807) is 28.7 Å². The van der Waals surface area contributed by atoms with Gasteiger partial charge in [-0.3, -0.25) is 4.40 Å². The minimum absolute atomic E-state index is 0.326. The Kier molecular flexibility index (Phi) is 4.78. The quantitative estimate of drug-likeness (QED) is 0.284. The van der Waals surface area contributed by atoms with E-state index >= 15 is 4.39 Å². The van der Waals surface area contributed by atoms with Crippen LogP contribution in [0.1, 0.15) is 31.4 Å². The van der Waals surface area contributed by atoms with Crippen molar-refractivity contribution in [3.63, 3.8) is 0 Å². The average molecular weight is 453 g/mol. The van der Waals surface area contributed by atoms with Gasteiger partial charge < -0.3 is 4.90 Å². The van der Waals surface area contributed by atoms with Gasteiger partial charge in [-0.2, -0.15) is 18.2 Å². The van der Waals surface area contributed by atoms with Crippen LogP contribution < -0.4 is 4.90 Å². The Morgan fingerprint density at radius 2 is 1.85 bits per heavy atom. The van der Waals surface area contributed by atoms with Gasteiger partial charge in [0.15, 0.2) is 0 Å². The molecule has 1 aliphatic rings. The monoisotopic (exact) mass is 453 g/mol. The average Bonchev–Trinajstić information content (AvgIpc) is 3.25. The van der Waals surface area contributed by atoms with Crippen LogP contribution in [0.25, 0.3) is 16.7 Å². The van der Waals surface area contributed by atoms with Gasteiger partial charge in [0.2, 0.25) is 0 Å². The predicted molar refractivity (Wildman–Crippen MR) is 117 cm³/mol. The van der Waals surface area contributed by atoms with Gasteiger partial charge in [-0.05, 0) is 56.5 Å². The number of benzene rings is 2. The standard InChI is InChI=1S/C24H19F4N5/c1-23(2,24(26,27)28)12-11-15-6-3-9-18-16(15)7-5-13-32(18)21-20-17(25)8-4-10-19(20)33-14-29-31-22(33)30-21/h3-4,6,8-10,14H,5,7,13H2,1-2H3. The molecular formula is C24H19F4N5. The molecule has 9 heteroatoms. The first-order valence-corrected chi connectivity index (χ1v) is 10.4. The molecule has 4 aromatic rings. The third-order valence-electron chi connectivity index (χ3n) is 5.94. The Labute approximate surface area is 187 Å². The molecule has 0 saturated carbocycles. The van der Waals surface area contributed by atoms with Crippen LogP contribution in [-0.4, -0.2) is 32.3 Å². The van der Waals surface area contributed by atoms with Gasteiger partial charge in [0.25, 0.3) is 5.78 Å². The first-order valence-electron chi connectivity index (χ1n) is 10.4. The second-order valence-corrected chi connectivity index (χ2v) is 8.50. The molecule has 2 aromatic heterocycles. The zero-order valence-corrected chi connectivity index (χ0v) is 17.9. The van der Waals surface area contributed by atoms with Crippen molar-refractivity contribution >= 4 is 28.2 Å². The summed E-state index contributed by atoms with van der Waals surface area (Å²) in [4.78, 5) is 6.47. The molecule has 0 fully saturated rings. The van der Waals surface area contributed by atoms with Crippen molar-refractivity contribution in [3.05, 3.63) is 59.7 Å². The van der Waals surface area contributed by atoms with Crippen molar-refractivity contribution < 1.29 is 17.6 Å². The fourth-order valence-electron chi connectivity index (χ4n) is 4.01. The summed E-state index contributed by atoms with van der Waals surface area (Å²) in [6.45, 7) is 2.70. The van der Waals surface area contributed by atoms with Crippen LogP contribution in [-0.2, 0) is 6.42 Å². The number of hydrogen-bond acceptors (Lipinski definition) is 4. The third-order valence-corrected chi connectivity index (χ3v) is 5.94. The van der Waals surface area contributed by atoms with E-state index < -0.39 is 17.4 Å². The highest BCUT2D eigenvalue weighted by Crippen LogP contribution is 2.39. The van der Waals surface area contributed by atoms with Gasteiger partial charge in [-0.15, -0.1) is 10.2 Å². The van der Waals surface area contributed by atoms with Crippen molar-refractivity contribution in [2.24, 2.45) is 5.41 Å². The Hall–Kier alpha value is -3.67. The number of halogens is 4.